The summed E-state index contributed by atoms with van der Waals surface area (Å²) in [6.45, 7) is 5.53. The number of piperazine rings is 1. The lowest BCUT2D eigenvalue weighted by Crippen LogP contribution is -2.47. The Morgan fingerprint density at radius 3 is 3.12 bits per heavy atom. The van der Waals surface area contributed by atoms with Crippen LogP contribution in [0.3, 0.4) is 0 Å². The summed E-state index contributed by atoms with van der Waals surface area (Å²) < 4.78 is 1.80. The van der Waals surface area contributed by atoms with Gasteiger partial charge in [-0.2, -0.15) is 0 Å². The Morgan fingerprint density at radius 2 is 2.38 bits per heavy atom. The fraction of sp³-hybridized carbons (Fsp3) is 0.778. The highest BCUT2D eigenvalue weighted by Crippen LogP contribution is 2.02. The van der Waals surface area contributed by atoms with Crippen molar-refractivity contribution in [2.45, 2.75) is 26.4 Å². The predicted molar refractivity (Wildman–Crippen MR) is 56.4 cm³/mol. The number of carbonyl (C=O) groups excluding carboxylic acids is 1. The van der Waals surface area contributed by atoms with Crippen LogP contribution in [-0.2, 0) is 17.9 Å². The van der Waals surface area contributed by atoms with E-state index < -0.39 is 0 Å². The van der Waals surface area contributed by atoms with Crippen molar-refractivity contribution >= 4 is 5.91 Å². The van der Waals surface area contributed by atoms with Crippen LogP contribution in [0.1, 0.15) is 19.2 Å². The van der Waals surface area contributed by atoms with Crippen molar-refractivity contribution in [3.8, 4) is 0 Å². The Kier molecular flexibility index (Phi) is 3.45. The molecule has 1 aliphatic rings. The number of hydrogen-bond acceptors (Lipinski definition) is 5. The van der Waals surface area contributed by atoms with Gasteiger partial charge in [0, 0.05) is 19.6 Å². The van der Waals surface area contributed by atoms with E-state index in [0.717, 1.165) is 25.3 Å². The van der Waals surface area contributed by atoms with Gasteiger partial charge in [-0.1, -0.05) is 6.92 Å². The predicted octanol–water partition coefficient (Wildman–Crippen LogP) is -0.985. The van der Waals surface area contributed by atoms with Crippen molar-refractivity contribution in [2.75, 3.05) is 19.6 Å². The van der Waals surface area contributed by atoms with Crippen LogP contribution in [0.5, 0.6) is 0 Å². The second-order valence-corrected chi connectivity index (χ2v) is 3.88. The molecule has 0 spiro atoms. The third kappa shape index (κ3) is 2.54. The van der Waals surface area contributed by atoms with Gasteiger partial charge in [-0.3, -0.25) is 9.69 Å². The highest BCUT2D eigenvalue weighted by atomic mass is 16.2. The molecule has 2 heterocycles. The summed E-state index contributed by atoms with van der Waals surface area (Å²) in [7, 11) is 0. The molecule has 7 heteroatoms. The molecule has 0 aromatic carbocycles. The molecule has 1 N–H and O–H groups in total. The van der Waals surface area contributed by atoms with Gasteiger partial charge >= 0.3 is 0 Å². The van der Waals surface area contributed by atoms with Gasteiger partial charge in [-0.15, -0.1) is 5.10 Å². The van der Waals surface area contributed by atoms with Gasteiger partial charge in [0.2, 0.25) is 5.91 Å². The molecule has 0 bridgehead atoms. The Balaban J connectivity index is 1.97. The van der Waals surface area contributed by atoms with Crippen LogP contribution < -0.4 is 5.32 Å². The minimum atomic E-state index is 0.0702. The summed E-state index contributed by atoms with van der Waals surface area (Å²) in [6, 6.07) is 0. The average Bonchev–Trinajstić information content (AvgIpc) is 2.66. The zero-order chi connectivity index (χ0) is 11.4. The molecule has 7 nitrogen and oxygen atoms in total. The zero-order valence-electron chi connectivity index (χ0n) is 9.39. The van der Waals surface area contributed by atoms with E-state index in [1.807, 2.05) is 0 Å². The minimum absolute atomic E-state index is 0.0702. The van der Waals surface area contributed by atoms with Gasteiger partial charge in [0.15, 0.2) is 5.82 Å². The summed E-state index contributed by atoms with van der Waals surface area (Å²) >= 11 is 0. The molecule has 1 aromatic heterocycles. The first-order chi connectivity index (χ1) is 7.79. The standard InChI is InChI=1S/C9H16N6O/c1-2-4-15-8(11-12-13-15)6-14-5-3-10-9(16)7-14/h2-7H2,1H3,(H,10,16). The Labute approximate surface area is 93.8 Å². The number of hydrogen-bond donors (Lipinski definition) is 1. The maximum Gasteiger partial charge on any atom is 0.234 e. The van der Waals surface area contributed by atoms with Crippen molar-refractivity contribution in [2.24, 2.45) is 0 Å². The molecule has 1 fully saturated rings. The van der Waals surface area contributed by atoms with E-state index >= 15 is 0 Å². The molecule has 0 aliphatic carbocycles. The Hall–Kier alpha value is -1.50. The Morgan fingerprint density at radius 1 is 1.50 bits per heavy atom. The average molecular weight is 224 g/mol. The maximum atomic E-state index is 11.2. The summed E-state index contributed by atoms with van der Waals surface area (Å²) in [5.41, 5.74) is 0. The normalized spacial score (nSPS) is 17.4. The van der Waals surface area contributed by atoms with Crippen molar-refractivity contribution in [3.63, 3.8) is 0 Å². The second-order valence-electron chi connectivity index (χ2n) is 3.88. The summed E-state index contributed by atoms with van der Waals surface area (Å²) in [5, 5.41) is 14.4. The molecule has 88 valence electrons. The summed E-state index contributed by atoms with van der Waals surface area (Å²) in [6.07, 6.45) is 0.999. The Bertz CT molecular complexity index is 363. The van der Waals surface area contributed by atoms with Gasteiger partial charge < -0.3 is 5.32 Å². The fourth-order valence-corrected chi connectivity index (χ4v) is 1.75. The van der Waals surface area contributed by atoms with E-state index in [-0.39, 0.29) is 5.91 Å². The van der Waals surface area contributed by atoms with Gasteiger partial charge in [0.05, 0.1) is 13.1 Å². The summed E-state index contributed by atoms with van der Waals surface area (Å²) in [4.78, 5) is 13.3. The van der Waals surface area contributed by atoms with Gasteiger partial charge in [-0.25, -0.2) is 4.68 Å². The second kappa shape index (κ2) is 5.02. The highest BCUT2D eigenvalue weighted by molar-refractivity contribution is 5.78. The number of tetrazole rings is 1. The van der Waals surface area contributed by atoms with E-state index in [2.05, 4.69) is 32.7 Å². The van der Waals surface area contributed by atoms with Crippen LogP contribution in [0, 0.1) is 0 Å². The van der Waals surface area contributed by atoms with Gasteiger partial charge in [0.1, 0.15) is 0 Å². The van der Waals surface area contributed by atoms with Crippen LogP contribution in [0.25, 0.3) is 0 Å². The fourth-order valence-electron chi connectivity index (χ4n) is 1.75. The number of nitrogens with zero attached hydrogens (tertiary/aromatic N) is 5. The number of aromatic nitrogens is 4. The SMILES string of the molecule is CCCn1nnnc1CN1CCNC(=O)C1. The molecule has 0 atom stereocenters. The zero-order valence-corrected chi connectivity index (χ0v) is 9.39. The molecule has 0 saturated carbocycles. The maximum absolute atomic E-state index is 11.2. The van der Waals surface area contributed by atoms with E-state index in [1.54, 1.807) is 4.68 Å². The topological polar surface area (TPSA) is 75.9 Å². The first-order valence-corrected chi connectivity index (χ1v) is 5.53. The van der Waals surface area contributed by atoms with Crippen molar-refractivity contribution in [3.05, 3.63) is 5.82 Å². The monoisotopic (exact) mass is 224 g/mol. The van der Waals surface area contributed by atoms with Crippen LogP contribution in [0.15, 0.2) is 0 Å². The lowest BCUT2D eigenvalue weighted by atomic mass is 10.3. The molecular weight excluding hydrogens is 208 g/mol. The largest absolute Gasteiger partial charge is 0.354 e. The molecule has 16 heavy (non-hydrogen) atoms. The number of nitrogens with one attached hydrogen (secondary N) is 1. The molecule has 1 aromatic rings. The first-order valence-electron chi connectivity index (χ1n) is 5.53. The van der Waals surface area contributed by atoms with E-state index in [0.29, 0.717) is 19.6 Å². The summed E-state index contributed by atoms with van der Waals surface area (Å²) in [5.74, 6) is 0.900. The van der Waals surface area contributed by atoms with E-state index in [4.69, 9.17) is 0 Å². The first kappa shape index (κ1) is 11.0. The smallest absolute Gasteiger partial charge is 0.234 e. The lowest BCUT2D eigenvalue weighted by molar-refractivity contribution is -0.124. The van der Waals surface area contributed by atoms with Gasteiger partial charge in [0.25, 0.3) is 0 Å². The number of amides is 1. The quantitative estimate of drug-likeness (QED) is 0.711. The third-order valence-corrected chi connectivity index (χ3v) is 2.52. The molecule has 1 amide bonds. The van der Waals surface area contributed by atoms with Crippen LogP contribution >= 0.6 is 0 Å². The van der Waals surface area contributed by atoms with Crippen molar-refractivity contribution in [1.82, 2.24) is 30.4 Å². The molecular formula is C9H16N6O. The van der Waals surface area contributed by atoms with E-state index in [1.165, 1.54) is 0 Å². The highest BCUT2D eigenvalue weighted by Gasteiger charge is 2.18. The molecule has 0 unspecified atom stereocenters. The molecule has 2 rings (SSSR count). The lowest BCUT2D eigenvalue weighted by Gasteiger charge is -2.25. The third-order valence-electron chi connectivity index (χ3n) is 2.52. The van der Waals surface area contributed by atoms with Gasteiger partial charge in [-0.05, 0) is 16.8 Å². The minimum Gasteiger partial charge on any atom is -0.354 e. The number of aryl methyl sites for hydroxylation is 1. The number of carbonyl (C=O) groups is 1. The molecule has 0 radical (unpaired) electrons. The van der Waals surface area contributed by atoms with E-state index in [9.17, 15) is 4.79 Å². The van der Waals surface area contributed by atoms with Crippen molar-refractivity contribution < 1.29 is 4.79 Å². The number of rotatable bonds is 4. The van der Waals surface area contributed by atoms with Crippen LogP contribution in [-0.4, -0.2) is 50.6 Å². The van der Waals surface area contributed by atoms with Crippen LogP contribution in [0.2, 0.25) is 0 Å². The van der Waals surface area contributed by atoms with Crippen molar-refractivity contribution in [1.29, 1.82) is 0 Å². The molecule has 1 aliphatic heterocycles. The molecule has 1 saturated heterocycles. The van der Waals surface area contributed by atoms with Crippen LogP contribution in [0.4, 0.5) is 0 Å².